The molecule has 2 aromatic heterocycles. The highest BCUT2D eigenvalue weighted by Gasteiger charge is 2.09. The van der Waals surface area contributed by atoms with Crippen molar-refractivity contribution in [2.24, 2.45) is 0 Å². The molecule has 2 rings (SSSR count). The molecule has 5 heteroatoms. The summed E-state index contributed by atoms with van der Waals surface area (Å²) in [7, 11) is 0. The van der Waals surface area contributed by atoms with Crippen LogP contribution in [0.3, 0.4) is 0 Å². The molecule has 0 aliphatic heterocycles. The van der Waals surface area contributed by atoms with Crippen LogP contribution in [0, 0.1) is 6.92 Å². The Labute approximate surface area is 118 Å². The zero-order valence-corrected chi connectivity index (χ0v) is 11.7. The quantitative estimate of drug-likeness (QED) is 0.876. The predicted octanol–water partition coefficient (Wildman–Crippen LogP) is 2.86. The Kier molecular flexibility index (Phi) is 4.65. The average molecular weight is 270 g/mol. The minimum absolute atomic E-state index is 0.235. The number of amides is 1. The lowest BCUT2D eigenvalue weighted by atomic mass is 10.2. The van der Waals surface area contributed by atoms with Gasteiger partial charge >= 0.3 is 0 Å². The third-order valence-corrected chi connectivity index (χ3v) is 2.83. The number of hydrogen-bond acceptors (Lipinski definition) is 4. The van der Waals surface area contributed by atoms with Gasteiger partial charge in [-0.25, -0.2) is 0 Å². The molecule has 1 amide bonds. The molecule has 0 fully saturated rings. The Morgan fingerprint density at radius 3 is 2.85 bits per heavy atom. The third-order valence-electron chi connectivity index (χ3n) is 2.83. The van der Waals surface area contributed by atoms with E-state index in [1.165, 1.54) is 0 Å². The summed E-state index contributed by atoms with van der Waals surface area (Å²) in [5.41, 5.74) is 2.76. The van der Waals surface area contributed by atoms with Crippen LogP contribution in [-0.2, 0) is 0 Å². The van der Waals surface area contributed by atoms with E-state index in [1.54, 1.807) is 24.5 Å². The van der Waals surface area contributed by atoms with Crippen molar-refractivity contribution in [1.29, 1.82) is 0 Å². The molecule has 2 heterocycles. The molecule has 2 aromatic rings. The number of rotatable bonds is 5. The highest BCUT2D eigenvalue weighted by molar-refractivity contribution is 6.03. The van der Waals surface area contributed by atoms with Crippen molar-refractivity contribution < 1.29 is 4.79 Å². The number of aryl methyl sites for hydroxylation is 1. The number of carbonyl (C=O) groups is 1. The maximum absolute atomic E-state index is 12.2. The van der Waals surface area contributed by atoms with E-state index in [0.29, 0.717) is 11.4 Å². The molecule has 0 saturated carbocycles. The topological polar surface area (TPSA) is 66.9 Å². The van der Waals surface area contributed by atoms with Gasteiger partial charge in [-0.05, 0) is 37.6 Å². The number of nitrogens with one attached hydrogen (secondary N) is 2. The summed E-state index contributed by atoms with van der Waals surface area (Å²) >= 11 is 0. The van der Waals surface area contributed by atoms with Gasteiger partial charge in [-0.2, -0.15) is 0 Å². The fourth-order valence-electron chi connectivity index (χ4n) is 1.74. The number of aromatic nitrogens is 2. The minimum atomic E-state index is -0.235. The van der Waals surface area contributed by atoms with Crippen LogP contribution < -0.4 is 10.6 Å². The van der Waals surface area contributed by atoms with E-state index in [2.05, 4.69) is 27.5 Å². The first-order valence-electron chi connectivity index (χ1n) is 6.63. The van der Waals surface area contributed by atoms with Crippen molar-refractivity contribution in [1.82, 2.24) is 9.97 Å². The Morgan fingerprint density at radius 1 is 1.25 bits per heavy atom. The number of nitrogens with zero attached hydrogens (tertiary/aromatic N) is 2. The molecule has 5 nitrogen and oxygen atoms in total. The second kappa shape index (κ2) is 6.65. The molecule has 0 radical (unpaired) electrons. The van der Waals surface area contributed by atoms with Crippen LogP contribution in [-0.4, -0.2) is 22.4 Å². The number of hydrogen-bond donors (Lipinski definition) is 2. The van der Waals surface area contributed by atoms with Crippen molar-refractivity contribution in [3.8, 4) is 0 Å². The summed E-state index contributed by atoms with van der Waals surface area (Å²) in [5.74, 6) is -0.235. The molecule has 0 spiro atoms. The molecule has 0 aromatic carbocycles. The molecule has 0 aliphatic rings. The van der Waals surface area contributed by atoms with Gasteiger partial charge in [-0.1, -0.05) is 6.92 Å². The molecule has 0 aliphatic carbocycles. The Balaban J connectivity index is 2.11. The van der Waals surface area contributed by atoms with Gasteiger partial charge in [0.2, 0.25) is 0 Å². The molecule has 2 N–H and O–H groups in total. The number of anilines is 2. The summed E-state index contributed by atoms with van der Waals surface area (Å²) in [5, 5.41) is 6.05. The molecule has 0 unspecified atom stereocenters. The van der Waals surface area contributed by atoms with Gasteiger partial charge in [-0.15, -0.1) is 0 Å². The fourth-order valence-corrected chi connectivity index (χ4v) is 1.74. The van der Waals surface area contributed by atoms with Crippen LogP contribution in [0.5, 0.6) is 0 Å². The zero-order chi connectivity index (χ0) is 14.4. The Bertz CT molecular complexity index is 598. The summed E-state index contributed by atoms with van der Waals surface area (Å²) in [6.45, 7) is 4.81. The Hall–Kier alpha value is -2.43. The maximum Gasteiger partial charge on any atom is 0.274 e. The van der Waals surface area contributed by atoms with E-state index < -0.39 is 0 Å². The van der Waals surface area contributed by atoms with Gasteiger partial charge in [0.25, 0.3) is 5.91 Å². The van der Waals surface area contributed by atoms with E-state index in [-0.39, 0.29) is 5.91 Å². The van der Waals surface area contributed by atoms with Crippen LogP contribution in [0.15, 0.2) is 36.7 Å². The first-order valence-corrected chi connectivity index (χ1v) is 6.63. The largest absolute Gasteiger partial charge is 0.385 e. The smallest absolute Gasteiger partial charge is 0.274 e. The van der Waals surface area contributed by atoms with Gasteiger partial charge in [-0.3, -0.25) is 14.8 Å². The summed E-state index contributed by atoms with van der Waals surface area (Å²) in [6.07, 6.45) is 4.35. The molecular weight excluding hydrogens is 252 g/mol. The lowest BCUT2D eigenvalue weighted by molar-refractivity contribution is 0.102. The van der Waals surface area contributed by atoms with Gasteiger partial charge in [0, 0.05) is 24.6 Å². The van der Waals surface area contributed by atoms with E-state index in [1.807, 2.05) is 19.1 Å². The lowest BCUT2D eigenvalue weighted by Crippen LogP contribution is -2.15. The SMILES string of the molecule is CCCNc1ccnc(C(=O)Nc2cccnc2C)c1. The molecule has 20 heavy (non-hydrogen) atoms. The normalized spacial score (nSPS) is 10.1. The van der Waals surface area contributed by atoms with Crippen molar-refractivity contribution in [3.63, 3.8) is 0 Å². The molecule has 104 valence electrons. The number of carbonyl (C=O) groups excluding carboxylic acids is 1. The highest BCUT2D eigenvalue weighted by atomic mass is 16.1. The van der Waals surface area contributed by atoms with Gasteiger partial charge in [0.1, 0.15) is 5.69 Å². The van der Waals surface area contributed by atoms with Crippen molar-refractivity contribution >= 4 is 17.3 Å². The predicted molar refractivity (Wildman–Crippen MR) is 79.9 cm³/mol. The van der Waals surface area contributed by atoms with Crippen molar-refractivity contribution in [2.45, 2.75) is 20.3 Å². The third kappa shape index (κ3) is 3.54. The second-order valence-electron chi connectivity index (χ2n) is 4.45. The van der Waals surface area contributed by atoms with E-state index >= 15 is 0 Å². The average Bonchev–Trinajstić information content (AvgIpc) is 2.48. The van der Waals surface area contributed by atoms with Crippen molar-refractivity contribution in [2.75, 3.05) is 17.2 Å². The highest BCUT2D eigenvalue weighted by Crippen LogP contribution is 2.13. The molecule has 0 bridgehead atoms. The molecular formula is C15H18N4O. The number of pyridine rings is 2. The Morgan fingerprint density at radius 2 is 2.10 bits per heavy atom. The van der Waals surface area contributed by atoms with E-state index in [4.69, 9.17) is 0 Å². The molecule has 0 saturated heterocycles. The van der Waals surface area contributed by atoms with Crippen molar-refractivity contribution in [3.05, 3.63) is 48.0 Å². The molecule has 0 atom stereocenters. The summed E-state index contributed by atoms with van der Waals surface area (Å²) < 4.78 is 0. The van der Waals surface area contributed by atoms with E-state index in [0.717, 1.165) is 24.3 Å². The minimum Gasteiger partial charge on any atom is -0.385 e. The maximum atomic E-state index is 12.2. The standard InChI is InChI=1S/C15H18N4O/c1-3-7-17-12-6-9-18-14(10-12)15(20)19-13-5-4-8-16-11(13)2/h4-6,8-10H,3,7H2,1-2H3,(H,17,18)(H,19,20). The van der Waals surface area contributed by atoms with Crippen LogP contribution in [0.4, 0.5) is 11.4 Å². The first kappa shape index (κ1) is 14.0. The van der Waals surface area contributed by atoms with Gasteiger partial charge < -0.3 is 10.6 Å². The lowest BCUT2D eigenvalue weighted by Gasteiger charge is -2.08. The summed E-state index contributed by atoms with van der Waals surface area (Å²) in [6, 6.07) is 7.20. The van der Waals surface area contributed by atoms with Crippen LogP contribution in [0.25, 0.3) is 0 Å². The van der Waals surface area contributed by atoms with Crippen LogP contribution in [0.2, 0.25) is 0 Å². The van der Waals surface area contributed by atoms with Gasteiger partial charge in [0.05, 0.1) is 11.4 Å². The van der Waals surface area contributed by atoms with Crippen LogP contribution in [0.1, 0.15) is 29.5 Å². The summed E-state index contributed by atoms with van der Waals surface area (Å²) in [4.78, 5) is 20.4. The monoisotopic (exact) mass is 270 g/mol. The second-order valence-corrected chi connectivity index (χ2v) is 4.45. The van der Waals surface area contributed by atoms with Gasteiger partial charge in [0.15, 0.2) is 0 Å². The first-order chi connectivity index (χ1) is 9.70. The zero-order valence-electron chi connectivity index (χ0n) is 11.7. The van der Waals surface area contributed by atoms with E-state index in [9.17, 15) is 4.79 Å². The fraction of sp³-hybridized carbons (Fsp3) is 0.267. The van der Waals surface area contributed by atoms with Crippen LogP contribution >= 0.6 is 0 Å².